The largest absolute Gasteiger partial charge is 0.419 e. The number of rotatable bonds is 3. The lowest BCUT2D eigenvalue weighted by molar-refractivity contribution is -0.137. The van der Waals surface area contributed by atoms with E-state index in [1.54, 1.807) is 6.20 Å². The average Bonchev–Trinajstić information content (AvgIpc) is 2.79. The zero-order valence-corrected chi connectivity index (χ0v) is 10.5. The number of halogens is 4. The minimum atomic E-state index is -4.45. The van der Waals surface area contributed by atoms with Crippen LogP contribution in [0.5, 0.6) is 0 Å². The van der Waals surface area contributed by atoms with Crippen molar-refractivity contribution in [2.75, 3.05) is 5.32 Å². The van der Waals surface area contributed by atoms with Crippen molar-refractivity contribution in [3.8, 4) is 0 Å². The highest BCUT2D eigenvalue weighted by atomic mass is 79.9. The molecule has 0 spiro atoms. The van der Waals surface area contributed by atoms with Gasteiger partial charge in [0.25, 0.3) is 0 Å². The molecule has 2 aromatic rings. The molecule has 0 saturated carbocycles. The zero-order chi connectivity index (χ0) is 13.2. The third kappa shape index (κ3) is 3.00. The standard InChI is InChI=1S/C10H8BrF3N4/c11-7-1-8(10(12,13)14)9(16-5-7)15-2-6-3-17-18-4-6/h1,3-5H,2H2,(H,15,16)(H,17,18). The van der Waals surface area contributed by atoms with Crippen LogP contribution in [0.4, 0.5) is 19.0 Å². The number of anilines is 1. The molecule has 8 heteroatoms. The van der Waals surface area contributed by atoms with Gasteiger partial charge in [0.2, 0.25) is 0 Å². The Labute approximate surface area is 109 Å². The van der Waals surface area contributed by atoms with Gasteiger partial charge < -0.3 is 5.32 Å². The van der Waals surface area contributed by atoms with Crippen molar-refractivity contribution in [2.24, 2.45) is 0 Å². The summed E-state index contributed by atoms with van der Waals surface area (Å²) in [5.74, 6) is -0.202. The van der Waals surface area contributed by atoms with E-state index in [4.69, 9.17) is 0 Å². The maximum atomic E-state index is 12.8. The van der Waals surface area contributed by atoms with E-state index in [-0.39, 0.29) is 16.8 Å². The normalized spacial score (nSPS) is 11.6. The highest BCUT2D eigenvalue weighted by Gasteiger charge is 2.34. The Morgan fingerprint density at radius 2 is 2.11 bits per heavy atom. The Bertz CT molecular complexity index is 524. The third-order valence-electron chi connectivity index (χ3n) is 2.17. The lowest BCUT2D eigenvalue weighted by Gasteiger charge is -2.13. The third-order valence-corrected chi connectivity index (χ3v) is 2.61. The molecule has 2 aromatic heterocycles. The lowest BCUT2D eigenvalue weighted by atomic mass is 10.2. The van der Waals surface area contributed by atoms with Crippen molar-refractivity contribution in [3.05, 3.63) is 40.3 Å². The van der Waals surface area contributed by atoms with Gasteiger partial charge in [-0.2, -0.15) is 18.3 Å². The van der Waals surface area contributed by atoms with Crippen LogP contribution in [0.3, 0.4) is 0 Å². The van der Waals surface area contributed by atoms with Gasteiger partial charge in [-0.05, 0) is 22.0 Å². The Morgan fingerprint density at radius 1 is 1.33 bits per heavy atom. The molecule has 4 nitrogen and oxygen atoms in total. The molecule has 2 rings (SSSR count). The monoisotopic (exact) mass is 320 g/mol. The minimum Gasteiger partial charge on any atom is -0.365 e. The highest BCUT2D eigenvalue weighted by Crippen LogP contribution is 2.35. The fraction of sp³-hybridized carbons (Fsp3) is 0.200. The number of H-pyrrole nitrogens is 1. The second-order valence-corrected chi connectivity index (χ2v) is 4.42. The summed E-state index contributed by atoms with van der Waals surface area (Å²) in [5, 5.41) is 8.92. The Balaban J connectivity index is 2.22. The first-order valence-corrected chi connectivity index (χ1v) is 5.70. The van der Waals surface area contributed by atoms with E-state index in [0.29, 0.717) is 0 Å². The Morgan fingerprint density at radius 3 is 2.72 bits per heavy atom. The summed E-state index contributed by atoms with van der Waals surface area (Å²) < 4.78 is 38.6. The molecule has 18 heavy (non-hydrogen) atoms. The average molecular weight is 321 g/mol. The molecule has 0 bridgehead atoms. The van der Waals surface area contributed by atoms with Gasteiger partial charge in [0.05, 0.1) is 11.8 Å². The van der Waals surface area contributed by atoms with Crippen molar-refractivity contribution < 1.29 is 13.2 Å². The second kappa shape index (κ2) is 4.97. The molecule has 0 aliphatic rings. The summed E-state index contributed by atoms with van der Waals surface area (Å²) >= 11 is 2.97. The van der Waals surface area contributed by atoms with Crippen molar-refractivity contribution in [1.82, 2.24) is 15.2 Å². The predicted molar refractivity (Wildman–Crippen MR) is 62.9 cm³/mol. The number of aromatic nitrogens is 3. The fourth-order valence-corrected chi connectivity index (χ4v) is 1.69. The SMILES string of the molecule is FC(F)(F)c1cc(Br)cnc1NCc1cn[nH]c1. The molecular weight excluding hydrogens is 313 g/mol. The van der Waals surface area contributed by atoms with Crippen LogP contribution in [-0.2, 0) is 12.7 Å². The first kappa shape index (κ1) is 12.9. The molecule has 0 unspecified atom stereocenters. The molecule has 0 amide bonds. The first-order valence-electron chi connectivity index (χ1n) is 4.91. The molecule has 0 aromatic carbocycles. The minimum absolute atomic E-state index is 0.202. The van der Waals surface area contributed by atoms with Crippen LogP contribution in [0, 0.1) is 0 Å². The summed E-state index contributed by atoms with van der Waals surface area (Å²) in [6.45, 7) is 0.216. The summed E-state index contributed by atoms with van der Waals surface area (Å²) in [6.07, 6.45) is -0.0132. The van der Waals surface area contributed by atoms with E-state index in [0.717, 1.165) is 11.6 Å². The molecule has 0 aliphatic carbocycles. The van der Waals surface area contributed by atoms with Crippen LogP contribution in [0.2, 0.25) is 0 Å². The van der Waals surface area contributed by atoms with Gasteiger partial charge in [-0.1, -0.05) is 0 Å². The van der Waals surface area contributed by atoms with Crippen LogP contribution >= 0.6 is 15.9 Å². The smallest absolute Gasteiger partial charge is 0.365 e. The molecule has 2 N–H and O–H groups in total. The topological polar surface area (TPSA) is 53.6 Å². The summed E-state index contributed by atoms with van der Waals surface area (Å²) in [5.41, 5.74) is -0.0618. The van der Waals surface area contributed by atoms with E-state index < -0.39 is 11.7 Å². The Hall–Kier alpha value is -1.57. The maximum Gasteiger partial charge on any atom is 0.419 e. The first-order chi connectivity index (χ1) is 8.47. The van der Waals surface area contributed by atoms with E-state index in [1.807, 2.05) is 0 Å². The zero-order valence-electron chi connectivity index (χ0n) is 8.92. The number of alkyl halides is 3. The van der Waals surface area contributed by atoms with Gasteiger partial charge >= 0.3 is 6.18 Å². The van der Waals surface area contributed by atoms with Gasteiger partial charge in [-0.25, -0.2) is 4.98 Å². The van der Waals surface area contributed by atoms with Gasteiger partial charge in [-0.3, -0.25) is 5.10 Å². The van der Waals surface area contributed by atoms with E-state index >= 15 is 0 Å². The molecule has 2 heterocycles. The molecule has 0 saturated heterocycles. The lowest BCUT2D eigenvalue weighted by Crippen LogP contribution is -2.12. The van der Waals surface area contributed by atoms with Crippen molar-refractivity contribution in [3.63, 3.8) is 0 Å². The van der Waals surface area contributed by atoms with E-state index in [1.165, 1.54) is 12.4 Å². The van der Waals surface area contributed by atoms with E-state index in [2.05, 4.69) is 36.4 Å². The molecule has 0 radical (unpaired) electrons. The fourth-order valence-electron chi connectivity index (χ4n) is 1.36. The number of hydrogen-bond donors (Lipinski definition) is 2. The quantitative estimate of drug-likeness (QED) is 0.913. The molecule has 0 atom stereocenters. The van der Waals surface area contributed by atoms with Gasteiger partial charge in [0.15, 0.2) is 0 Å². The van der Waals surface area contributed by atoms with Crippen molar-refractivity contribution >= 4 is 21.7 Å². The summed E-state index contributed by atoms with van der Waals surface area (Å²) in [7, 11) is 0. The van der Waals surface area contributed by atoms with Gasteiger partial charge in [0, 0.05) is 29.0 Å². The maximum absolute atomic E-state index is 12.8. The molecule has 0 aliphatic heterocycles. The van der Waals surface area contributed by atoms with Crippen LogP contribution < -0.4 is 5.32 Å². The van der Waals surface area contributed by atoms with Crippen LogP contribution in [0.1, 0.15) is 11.1 Å². The predicted octanol–water partition coefficient (Wildman–Crippen LogP) is 3.20. The highest BCUT2D eigenvalue weighted by molar-refractivity contribution is 9.10. The number of nitrogens with one attached hydrogen (secondary N) is 2. The van der Waals surface area contributed by atoms with Crippen molar-refractivity contribution in [1.29, 1.82) is 0 Å². The number of aromatic amines is 1. The molecule has 96 valence electrons. The summed E-state index contributed by atoms with van der Waals surface area (Å²) in [6, 6.07) is 0.991. The summed E-state index contributed by atoms with van der Waals surface area (Å²) in [4.78, 5) is 3.74. The Kier molecular flexibility index (Phi) is 3.55. The molecular formula is C10H8BrF3N4. The van der Waals surface area contributed by atoms with Gasteiger partial charge in [0.1, 0.15) is 5.82 Å². The van der Waals surface area contributed by atoms with Crippen LogP contribution in [-0.4, -0.2) is 15.2 Å². The number of nitrogens with zero attached hydrogens (tertiary/aromatic N) is 2. The second-order valence-electron chi connectivity index (χ2n) is 3.51. The molecule has 0 fully saturated rings. The van der Waals surface area contributed by atoms with E-state index in [9.17, 15) is 13.2 Å². The van der Waals surface area contributed by atoms with Crippen molar-refractivity contribution in [2.45, 2.75) is 12.7 Å². The van der Waals surface area contributed by atoms with Gasteiger partial charge in [-0.15, -0.1) is 0 Å². The van der Waals surface area contributed by atoms with Crippen LogP contribution in [0.15, 0.2) is 29.1 Å². The number of hydrogen-bond acceptors (Lipinski definition) is 3. The van der Waals surface area contributed by atoms with Crippen LogP contribution in [0.25, 0.3) is 0 Å². The number of pyridine rings is 1.